The van der Waals surface area contributed by atoms with Gasteiger partial charge in [-0.3, -0.25) is 14.8 Å². The fraction of sp³-hybridized carbons (Fsp3) is 0.316. The molecule has 1 amide bonds. The number of fused-ring (bicyclic) bond motifs is 1. The average molecular weight is 366 g/mol. The number of rotatable bonds is 3. The number of amides is 1. The maximum atomic E-state index is 13.0. The van der Waals surface area contributed by atoms with Gasteiger partial charge in [-0.05, 0) is 37.5 Å². The summed E-state index contributed by atoms with van der Waals surface area (Å²) in [5.41, 5.74) is 15.7. The van der Waals surface area contributed by atoms with Crippen LogP contribution in [0, 0.1) is 6.92 Å². The number of aromatic nitrogens is 2. The third kappa shape index (κ3) is 3.19. The van der Waals surface area contributed by atoms with Crippen molar-refractivity contribution in [1.82, 2.24) is 9.97 Å². The zero-order valence-corrected chi connectivity index (χ0v) is 15.1. The second-order valence-electron chi connectivity index (χ2n) is 6.84. The molecule has 1 saturated heterocycles. The van der Waals surface area contributed by atoms with Gasteiger partial charge in [0.1, 0.15) is 11.1 Å². The fourth-order valence-corrected chi connectivity index (χ4v) is 3.52. The summed E-state index contributed by atoms with van der Waals surface area (Å²) in [6.07, 6.45) is 6.99. The van der Waals surface area contributed by atoms with Crippen LogP contribution in [0.15, 0.2) is 35.1 Å². The van der Waals surface area contributed by atoms with Gasteiger partial charge in [-0.25, -0.2) is 0 Å². The number of nitrogen functional groups attached to an aromatic ring is 1. The minimum absolute atomic E-state index is 0.0507. The number of anilines is 3. The summed E-state index contributed by atoms with van der Waals surface area (Å²) in [5, 5.41) is 2.91. The number of hydrogen-bond donors (Lipinski definition) is 3. The van der Waals surface area contributed by atoms with E-state index >= 15 is 0 Å². The summed E-state index contributed by atoms with van der Waals surface area (Å²) >= 11 is 0. The van der Waals surface area contributed by atoms with Crippen molar-refractivity contribution in [1.29, 1.82) is 0 Å². The van der Waals surface area contributed by atoms with Crippen LogP contribution in [0.5, 0.6) is 0 Å². The molecule has 0 bridgehead atoms. The molecule has 5 N–H and O–H groups in total. The summed E-state index contributed by atoms with van der Waals surface area (Å²) in [4.78, 5) is 23.5. The molecule has 1 aliphatic rings. The number of furan rings is 1. The summed E-state index contributed by atoms with van der Waals surface area (Å²) in [5.74, 6) is -0.324. The van der Waals surface area contributed by atoms with Crippen LogP contribution >= 0.6 is 0 Å². The maximum Gasteiger partial charge on any atom is 0.263 e. The van der Waals surface area contributed by atoms with E-state index in [1.807, 2.05) is 19.1 Å². The smallest absolute Gasteiger partial charge is 0.263 e. The van der Waals surface area contributed by atoms with E-state index in [9.17, 15) is 4.79 Å². The van der Waals surface area contributed by atoms with Gasteiger partial charge in [0.2, 0.25) is 5.88 Å². The van der Waals surface area contributed by atoms with Crippen LogP contribution in [0.4, 0.5) is 17.3 Å². The third-order valence-corrected chi connectivity index (χ3v) is 4.87. The lowest BCUT2D eigenvalue weighted by Gasteiger charge is -2.33. The molecule has 1 fully saturated rings. The number of carbonyl (C=O) groups excluding carboxylic acids is 1. The van der Waals surface area contributed by atoms with Gasteiger partial charge in [0, 0.05) is 31.5 Å². The third-order valence-electron chi connectivity index (χ3n) is 4.87. The predicted octanol–water partition coefficient (Wildman–Crippen LogP) is 2.29. The average Bonchev–Trinajstić information content (AvgIpc) is 2.99. The monoisotopic (exact) mass is 366 g/mol. The normalized spacial score (nSPS) is 17.3. The first-order chi connectivity index (χ1) is 13.0. The molecule has 140 valence electrons. The lowest BCUT2D eigenvalue weighted by atomic mass is 10.1. The summed E-state index contributed by atoms with van der Waals surface area (Å²) in [6, 6.07) is 3.81. The molecular formula is C19H22N6O2. The Bertz CT molecular complexity index is 999. The van der Waals surface area contributed by atoms with E-state index in [-0.39, 0.29) is 23.4 Å². The van der Waals surface area contributed by atoms with Crippen molar-refractivity contribution in [2.24, 2.45) is 5.73 Å². The quantitative estimate of drug-likeness (QED) is 0.650. The first-order valence-electron chi connectivity index (χ1n) is 8.94. The lowest BCUT2D eigenvalue weighted by molar-refractivity contribution is 0.102. The minimum atomic E-state index is -0.375. The molecule has 0 aliphatic carbocycles. The Hall–Kier alpha value is -3.13. The van der Waals surface area contributed by atoms with Crippen LogP contribution in [0.2, 0.25) is 0 Å². The van der Waals surface area contributed by atoms with Crippen molar-refractivity contribution in [3.8, 4) is 0 Å². The topological polar surface area (TPSA) is 123 Å². The molecule has 0 radical (unpaired) electrons. The van der Waals surface area contributed by atoms with Crippen molar-refractivity contribution in [2.45, 2.75) is 25.8 Å². The number of carbonyl (C=O) groups is 1. The second-order valence-corrected chi connectivity index (χ2v) is 6.84. The van der Waals surface area contributed by atoms with Crippen molar-refractivity contribution in [3.63, 3.8) is 0 Å². The van der Waals surface area contributed by atoms with Gasteiger partial charge in [0.05, 0.1) is 17.6 Å². The van der Waals surface area contributed by atoms with Gasteiger partial charge in [-0.1, -0.05) is 0 Å². The largest absolute Gasteiger partial charge is 0.438 e. The highest BCUT2D eigenvalue weighted by molar-refractivity contribution is 6.15. The number of nitrogens with two attached hydrogens (primary N) is 2. The molecule has 8 nitrogen and oxygen atoms in total. The Morgan fingerprint density at radius 1 is 1.37 bits per heavy atom. The summed E-state index contributed by atoms with van der Waals surface area (Å²) in [7, 11) is 0. The Morgan fingerprint density at radius 2 is 2.22 bits per heavy atom. The molecule has 3 aromatic heterocycles. The highest BCUT2D eigenvalue weighted by atomic mass is 16.3. The number of nitrogens with one attached hydrogen (secondary N) is 1. The molecule has 8 heteroatoms. The van der Waals surface area contributed by atoms with Gasteiger partial charge in [0.25, 0.3) is 5.91 Å². The molecule has 0 saturated carbocycles. The van der Waals surface area contributed by atoms with Gasteiger partial charge in [0.15, 0.2) is 5.58 Å². The molecule has 3 aromatic rings. The van der Waals surface area contributed by atoms with Gasteiger partial charge in [-0.2, -0.15) is 0 Å². The molecule has 1 aliphatic heterocycles. The molecule has 0 aromatic carbocycles. The Morgan fingerprint density at radius 3 is 3.04 bits per heavy atom. The van der Waals surface area contributed by atoms with E-state index in [1.54, 1.807) is 18.6 Å². The standard InChI is InChI=1S/C19H22N6O2/c1-11-4-7-23-16-15(18(21)27-17(11)16)19(26)24-13-9-22-6-5-14(13)25-8-2-3-12(20)10-25/h4-7,9,12H,2-3,8,10,20-21H2,1H3,(H,24,26). The van der Waals surface area contributed by atoms with Gasteiger partial charge < -0.3 is 26.1 Å². The summed E-state index contributed by atoms with van der Waals surface area (Å²) < 4.78 is 5.56. The van der Waals surface area contributed by atoms with Crippen molar-refractivity contribution in [3.05, 3.63) is 41.9 Å². The maximum absolute atomic E-state index is 13.0. The van der Waals surface area contributed by atoms with E-state index in [4.69, 9.17) is 15.9 Å². The number of pyridine rings is 2. The van der Waals surface area contributed by atoms with Crippen LogP contribution in [0.3, 0.4) is 0 Å². The van der Waals surface area contributed by atoms with Gasteiger partial charge in [-0.15, -0.1) is 0 Å². The Balaban J connectivity index is 1.67. The molecule has 27 heavy (non-hydrogen) atoms. The SMILES string of the molecule is Cc1ccnc2c(C(=O)Nc3cnccc3N3CCCC(N)C3)c(N)oc12. The Kier molecular flexibility index (Phi) is 4.41. The van der Waals surface area contributed by atoms with E-state index in [2.05, 4.69) is 20.2 Å². The highest BCUT2D eigenvalue weighted by Gasteiger charge is 2.24. The molecule has 4 rings (SSSR count). The zero-order valence-electron chi connectivity index (χ0n) is 15.1. The number of piperidine rings is 1. The van der Waals surface area contributed by atoms with Crippen LogP contribution in [-0.2, 0) is 0 Å². The molecule has 4 heterocycles. The van der Waals surface area contributed by atoms with Crippen LogP contribution < -0.4 is 21.7 Å². The first kappa shape index (κ1) is 17.3. The van der Waals surface area contributed by atoms with Crippen LogP contribution in [0.25, 0.3) is 11.1 Å². The van der Waals surface area contributed by atoms with Crippen LogP contribution in [-0.4, -0.2) is 35.0 Å². The molecule has 1 atom stereocenters. The molecular weight excluding hydrogens is 344 g/mol. The molecule has 0 spiro atoms. The zero-order chi connectivity index (χ0) is 19.0. The number of nitrogens with zero attached hydrogens (tertiary/aromatic N) is 3. The first-order valence-corrected chi connectivity index (χ1v) is 8.94. The second kappa shape index (κ2) is 6.88. The Labute approximate surface area is 156 Å². The van der Waals surface area contributed by atoms with E-state index in [0.717, 1.165) is 37.2 Å². The summed E-state index contributed by atoms with van der Waals surface area (Å²) in [6.45, 7) is 3.51. The minimum Gasteiger partial charge on any atom is -0.438 e. The number of aryl methyl sites for hydroxylation is 1. The number of hydrogen-bond acceptors (Lipinski definition) is 7. The molecule has 1 unspecified atom stereocenters. The fourth-order valence-electron chi connectivity index (χ4n) is 3.52. The predicted molar refractivity (Wildman–Crippen MR) is 105 cm³/mol. The van der Waals surface area contributed by atoms with Crippen molar-refractivity contribution >= 4 is 34.3 Å². The van der Waals surface area contributed by atoms with E-state index < -0.39 is 0 Å². The van der Waals surface area contributed by atoms with Crippen LogP contribution in [0.1, 0.15) is 28.8 Å². The van der Waals surface area contributed by atoms with Gasteiger partial charge >= 0.3 is 0 Å². The van der Waals surface area contributed by atoms with E-state index in [0.29, 0.717) is 16.8 Å². The van der Waals surface area contributed by atoms with Crippen molar-refractivity contribution in [2.75, 3.05) is 29.0 Å². The van der Waals surface area contributed by atoms with Crippen molar-refractivity contribution < 1.29 is 9.21 Å². The highest BCUT2D eigenvalue weighted by Crippen LogP contribution is 2.31. The van der Waals surface area contributed by atoms with E-state index in [1.165, 1.54) is 0 Å². The lowest BCUT2D eigenvalue weighted by Crippen LogP contribution is -2.43.